The number of halogens is 3. The second-order valence-corrected chi connectivity index (χ2v) is 4.35. The van der Waals surface area contributed by atoms with Crippen molar-refractivity contribution >= 4 is 17.5 Å². The van der Waals surface area contributed by atoms with Gasteiger partial charge >= 0.3 is 0 Å². The molecule has 21 heavy (non-hydrogen) atoms. The summed E-state index contributed by atoms with van der Waals surface area (Å²) in [6.07, 6.45) is 2.25. The van der Waals surface area contributed by atoms with Gasteiger partial charge in [0.15, 0.2) is 5.78 Å². The first kappa shape index (κ1) is 13.2. The smallest absolute Gasteiger partial charge is 0.241 e. The van der Waals surface area contributed by atoms with E-state index in [1.54, 1.807) is 0 Å². The maximum Gasteiger partial charge on any atom is 0.241 e. The van der Waals surface area contributed by atoms with Gasteiger partial charge < -0.3 is 5.32 Å². The van der Waals surface area contributed by atoms with Gasteiger partial charge in [-0.15, -0.1) is 0 Å². The van der Waals surface area contributed by atoms with Crippen LogP contribution in [0.25, 0.3) is 0 Å². The minimum Gasteiger partial charge on any atom is -0.309 e. The third kappa shape index (κ3) is 2.04. The third-order valence-corrected chi connectivity index (χ3v) is 3.08. The van der Waals surface area contributed by atoms with Crippen molar-refractivity contribution in [1.29, 1.82) is 0 Å². The first-order valence-electron chi connectivity index (χ1n) is 5.78. The Balaban J connectivity index is 2.17. The zero-order chi connectivity index (χ0) is 15.1. The van der Waals surface area contributed by atoms with Crippen LogP contribution in [0.5, 0.6) is 0 Å². The van der Waals surface area contributed by atoms with Crippen LogP contribution in [0.2, 0.25) is 0 Å². The lowest BCUT2D eigenvalue weighted by atomic mass is 9.87. The lowest BCUT2D eigenvalue weighted by Gasteiger charge is -2.22. The molecule has 0 saturated carbocycles. The molecule has 106 valence electrons. The van der Waals surface area contributed by atoms with E-state index in [1.807, 2.05) is 0 Å². The maximum absolute atomic E-state index is 13.8. The van der Waals surface area contributed by atoms with Gasteiger partial charge in [0.25, 0.3) is 0 Å². The molecule has 1 atom stereocenters. The van der Waals surface area contributed by atoms with Crippen molar-refractivity contribution in [3.63, 3.8) is 0 Å². The highest BCUT2D eigenvalue weighted by Crippen LogP contribution is 2.32. The Bertz CT molecular complexity index is 756. The number of aromatic nitrogens is 2. The summed E-state index contributed by atoms with van der Waals surface area (Å²) in [7, 11) is 0. The zero-order valence-corrected chi connectivity index (χ0v) is 10.2. The number of hydrogen-bond acceptors (Lipinski definition) is 4. The summed E-state index contributed by atoms with van der Waals surface area (Å²) in [5.74, 6) is -7.30. The molecule has 1 aliphatic heterocycles. The number of nitrogens with zero attached hydrogens (tertiary/aromatic N) is 2. The summed E-state index contributed by atoms with van der Waals surface area (Å²) in [5, 5.41) is 2.27. The normalized spacial score (nSPS) is 17.4. The number of hydrogen-bond donors (Lipinski definition) is 1. The van der Waals surface area contributed by atoms with E-state index in [1.165, 1.54) is 0 Å². The molecule has 2 heterocycles. The first-order chi connectivity index (χ1) is 9.99. The van der Waals surface area contributed by atoms with Crippen LogP contribution in [-0.4, -0.2) is 21.7 Å². The largest absolute Gasteiger partial charge is 0.309 e. The second-order valence-electron chi connectivity index (χ2n) is 4.35. The molecule has 1 unspecified atom stereocenters. The highest BCUT2D eigenvalue weighted by atomic mass is 19.1. The predicted octanol–water partition coefficient (Wildman–Crippen LogP) is 1.81. The number of anilines is 1. The van der Waals surface area contributed by atoms with Crippen LogP contribution in [0.15, 0.2) is 24.7 Å². The molecule has 1 amide bonds. The van der Waals surface area contributed by atoms with Crippen molar-refractivity contribution in [3.8, 4) is 0 Å². The fourth-order valence-corrected chi connectivity index (χ4v) is 2.16. The minimum atomic E-state index is -1.75. The molecule has 0 saturated heterocycles. The van der Waals surface area contributed by atoms with Crippen molar-refractivity contribution < 1.29 is 22.8 Å². The van der Waals surface area contributed by atoms with Crippen LogP contribution in [0, 0.1) is 17.5 Å². The van der Waals surface area contributed by atoms with E-state index >= 15 is 0 Å². The molecule has 1 aromatic heterocycles. The number of nitrogens with one attached hydrogen (secondary N) is 1. The molecule has 1 aromatic carbocycles. The molecule has 0 spiro atoms. The molecule has 0 bridgehead atoms. The van der Waals surface area contributed by atoms with Gasteiger partial charge in [-0.1, -0.05) is 0 Å². The summed E-state index contributed by atoms with van der Waals surface area (Å²) >= 11 is 0. The highest BCUT2D eigenvalue weighted by Gasteiger charge is 2.39. The SMILES string of the molecule is O=C1Nc2ncncc2C(=O)C1c1c(F)cc(F)cc1F. The summed E-state index contributed by atoms with van der Waals surface area (Å²) in [5.41, 5.74) is -0.862. The number of amides is 1. The van der Waals surface area contributed by atoms with Crippen molar-refractivity contribution in [2.45, 2.75) is 5.92 Å². The third-order valence-electron chi connectivity index (χ3n) is 3.08. The Morgan fingerprint density at radius 1 is 1.10 bits per heavy atom. The first-order valence-corrected chi connectivity index (χ1v) is 5.78. The van der Waals surface area contributed by atoms with Crippen LogP contribution < -0.4 is 5.32 Å². The van der Waals surface area contributed by atoms with Crippen LogP contribution in [0.4, 0.5) is 19.0 Å². The van der Waals surface area contributed by atoms with E-state index < -0.39 is 40.6 Å². The number of rotatable bonds is 1. The van der Waals surface area contributed by atoms with Crippen LogP contribution in [0.1, 0.15) is 21.8 Å². The Kier molecular flexibility index (Phi) is 2.93. The van der Waals surface area contributed by atoms with Crippen molar-refractivity contribution in [1.82, 2.24) is 9.97 Å². The van der Waals surface area contributed by atoms with E-state index in [4.69, 9.17) is 0 Å². The quantitative estimate of drug-likeness (QED) is 0.814. The fourth-order valence-electron chi connectivity index (χ4n) is 2.16. The average molecular weight is 293 g/mol. The van der Waals surface area contributed by atoms with Crippen molar-refractivity contribution in [2.24, 2.45) is 0 Å². The molecule has 0 aliphatic carbocycles. The van der Waals surface area contributed by atoms with Gasteiger partial charge in [0.1, 0.15) is 35.5 Å². The van der Waals surface area contributed by atoms with Gasteiger partial charge in [-0.25, -0.2) is 23.1 Å². The Morgan fingerprint density at radius 3 is 2.43 bits per heavy atom. The molecular weight excluding hydrogens is 287 g/mol. The lowest BCUT2D eigenvalue weighted by molar-refractivity contribution is -0.116. The van der Waals surface area contributed by atoms with Gasteiger partial charge in [-0.05, 0) is 0 Å². The van der Waals surface area contributed by atoms with Gasteiger partial charge in [0.2, 0.25) is 5.91 Å². The van der Waals surface area contributed by atoms with Crippen LogP contribution in [0.3, 0.4) is 0 Å². The van der Waals surface area contributed by atoms with E-state index in [9.17, 15) is 22.8 Å². The summed E-state index contributed by atoms with van der Waals surface area (Å²) in [6, 6.07) is 0.825. The number of fused-ring (bicyclic) bond motifs is 1. The number of carbonyl (C=O) groups is 2. The number of benzene rings is 1. The summed E-state index contributed by atoms with van der Waals surface area (Å²) in [6.45, 7) is 0. The van der Waals surface area contributed by atoms with Gasteiger partial charge in [0, 0.05) is 23.9 Å². The molecular formula is C13H6F3N3O2. The van der Waals surface area contributed by atoms with E-state index in [2.05, 4.69) is 15.3 Å². The van der Waals surface area contributed by atoms with E-state index in [-0.39, 0.29) is 11.4 Å². The number of ketones is 1. The number of Topliss-reactive ketones (excluding diaryl/α,β-unsaturated/α-hetero) is 1. The Morgan fingerprint density at radius 2 is 1.76 bits per heavy atom. The van der Waals surface area contributed by atoms with E-state index in [0.29, 0.717) is 12.1 Å². The second kappa shape index (κ2) is 4.65. The molecule has 8 heteroatoms. The zero-order valence-electron chi connectivity index (χ0n) is 10.2. The molecule has 0 radical (unpaired) electrons. The maximum atomic E-state index is 13.8. The minimum absolute atomic E-state index is 0.0285. The molecule has 3 rings (SSSR count). The monoisotopic (exact) mass is 293 g/mol. The average Bonchev–Trinajstić information content (AvgIpc) is 2.41. The number of carbonyl (C=O) groups excluding carboxylic acids is 2. The van der Waals surface area contributed by atoms with Gasteiger partial charge in [-0.2, -0.15) is 0 Å². The van der Waals surface area contributed by atoms with E-state index in [0.717, 1.165) is 12.5 Å². The molecule has 0 fully saturated rings. The van der Waals surface area contributed by atoms with Crippen LogP contribution in [-0.2, 0) is 4.79 Å². The van der Waals surface area contributed by atoms with Crippen molar-refractivity contribution in [3.05, 3.63) is 53.2 Å². The standard InChI is InChI=1S/C13H6F3N3O2/c14-5-1-7(15)9(8(16)2-5)10-11(20)6-3-17-4-18-12(6)19-13(10)21/h1-4,10H,(H,17,18,19,21). The van der Waals surface area contributed by atoms with Crippen molar-refractivity contribution in [2.75, 3.05) is 5.32 Å². The predicted molar refractivity (Wildman–Crippen MR) is 64.0 cm³/mol. The topological polar surface area (TPSA) is 72.0 Å². The molecule has 2 aromatic rings. The Labute approximate surface area is 115 Å². The summed E-state index contributed by atoms with van der Waals surface area (Å²) < 4.78 is 40.5. The lowest BCUT2D eigenvalue weighted by Crippen LogP contribution is -2.35. The fraction of sp³-hybridized carbons (Fsp3) is 0.0769. The van der Waals surface area contributed by atoms with Gasteiger partial charge in [0.05, 0.1) is 5.56 Å². The molecule has 5 nitrogen and oxygen atoms in total. The van der Waals surface area contributed by atoms with Gasteiger partial charge in [-0.3, -0.25) is 9.59 Å². The highest BCUT2D eigenvalue weighted by molar-refractivity contribution is 6.23. The molecule has 1 aliphatic rings. The molecule has 1 N–H and O–H groups in total. The Hall–Kier alpha value is -2.77. The summed E-state index contributed by atoms with van der Waals surface area (Å²) in [4.78, 5) is 31.5. The van der Waals surface area contributed by atoms with Crippen LogP contribution >= 0.6 is 0 Å².